The van der Waals surface area contributed by atoms with E-state index in [1.165, 1.54) is 13.1 Å². The zero-order valence-electron chi connectivity index (χ0n) is 10.7. The molecule has 9 heteroatoms. The average Bonchev–Trinajstić information content (AvgIpc) is 2.65. The van der Waals surface area contributed by atoms with Crippen molar-refractivity contribution in [2.75, 3.05) is 6.54 Å². The molecule has 1 aliphatic rings. The van der Waals surface area contributed by atoms with Crippen LogP contribution in [-0.2, 0) is 26.7 Å². The normalized spacial score (nSPS) is 21.5. The maximum absolute atomic E-state index is 12.4. The molecule has 1 atom stereocenters. The van der Waals surface area contributed by atoms with Gasteiger partial charge in [-0.3, -0.25) is 14.9 Å². The number of imide groups is 1. The first-order chi connectivity index (χ1) is 8.73. The van der Waals surface area contributed by atoms with Crippen LogP contribution >= 0.6 is 0 Å². The first-order valence-electron chi connectivity index (χ1n) is 5.59. The highest BCUT2D eigenvalue weighted by molar-refractivity contribution is 7.89. The van der Waals surface area contributed by atoms with Crippen molar-refractivity contribution >= 4 is 21.8 Å². The SMILES string of the molecule is Cc1nc(S(=O)(=O)N2CC(=O)NC(=O)C2C)cn1C. The minimum atomic E-state index is -3.96. The number of piperazine rings is 1. The van der Waals surface area contributed by atoms with Gasteiger partial charge in [0.15, 0.2) is 5.03 Å². The molecule has 0 spiro atoms. The fourth-order valence-electron chi connectivity index (χ4n) is 1.75. The molecule has 8 nitrogen and oxygen atoms in total. The molecule has 0 bridgehead atoms. The summed E-state index contributed by atoms with van der Waals surface area (Å²) in [5.41, 5.74) is 0. The molecule has 0 radical (unpaired) electrons. The zero-order valence-corrected chi connectivity index (χ0v) is 11.6. The summed E-state index contributed by atoms with van der Waals surface area (Å²) in [4.78, 5) is 26.7. The van der Waals surface area contributed by atoms with Gasteiger partial charge in [-0.1, -0.05) is 0 Å². The van der Waals surface area contributed by atoms with Crippen molar-refractivity contribution in [3.63, 3.8) is 0 Å². The van der Waals surface area contributed by atoms with E-state index in [4.69, 9.17) is 0 Å². The number of carbonyl (C=O) groups excluding carboxylic acids is 2. The molecule has 0 saturated carbocycles. The van der Waals surface area contributed by atoms with Crippen LogP contribution in [0.3, 0.4) is 0 Å². The number of sulfonamides is 1. The number of amides is 2. The molecular formula is C10H14N4O4S. The molecule has 1 N–H and O–H groups in total. The number of hydrogen-bond donors (Lipinski definition) is 1. The van der Waals surface area contributed by atoms with Gasteiger partial charge in [0.25, 0.3) is 10.0 Å². The quantitative estimate of drug-likeness (QED) is 0.686. The Bertz CT molecular complexity index is 629. The highest BCUT2D eigenvalue weighted by Gasteiger charge is 2.40. The molecule has 1 unspecified atom stereocenters. The van der Waals surface area contributed by atoms with Gasteiger partial charge < -0.3 is 4.57 Å². The lowest BCUT2D eigenvalue weighted by Crippen LogP contribution is -2.58. The highest BCUT2D eigenvalue weighted by Crippen LogP contribution is 2.19. The number of nitrogens with one attached hydrogen (secondary N) is 1. The van der Waals surface area contributed by atoms with Crippen molar-refractivity contribution in [1.82, 2.24) is 19.2 Å². The smallest absolute Gasteiger partial charge is 0.263 e. The maximum Gasteiger partial charge on any atom is 0.263 e. The van der Waals surface area contributed by atoms with Crippen molar-refractivity contribution in [3.05, 3.63) is 12.0 Å². The summed E-state index contributed by atoms with van der Waals surface area (Å²) in [6.45, 7) is 2.70. The van der Waals surface area contributed by atoms with Crippen LogP contribution in [0.15, 0.2) is 11.2 Å². The van der Waals surface area contributed by atoms with Crippen LogP contribution in [0.5, 0.6) is 0 Å². The molecule has 1 fully saturated rings. The fraction of sp³-hybridized carbons (Fsp3) is 0.500. The lowest BCUT2D eigenvalue weighted by Gasteiger charge is -2.29. The molecule has 2 heterocycles. The number of aryl methyl sites for hydroxylation is 2. The molecule has 19 heavy (non-hydrogen) atoms. The Morgan fingerprint density at radius 1 is 1.42 bits per heavy atom. The molecule has 104 valence electrons. The van der Waals surface area contributed by atoms with E-state index >= 15 is 0 Å². The van der Waals surface area contributed by atoms with E-state index in [1.54, 1.807) is 18.5 Å². The van der Waals surface area contributed by atoms with Gasteiger partial charge in [0.05, 0.1) is 6.54 Å². The van der Waals surface area contributed by atoms with E-state index in [1.807, 2.05) is 0 Å². The second-order valence-electron chi connectivity index (χ2n) is 4.38. The van der Waals surface area contributed by atoms with Crippen LogP contribution in [0, 0.1) is 6.92 Å². The third-order valence-corrected chi connectivity index (χ3v) is 4.82. The Morgan fingerprint density at radius 2 is 2.05 bits per heavy atom. The van der Waals surface area contributed by atoms with Crippen LogP contribution in [0.1, 0.15) is 12.7 Å². The van der Waals surface area contributed by atoms with Gasteiger partial charge in [-0.15, -0.1) is 0 Å². The Morgan fingerprint density at radius 3 is 2.58 bits per heavy atom. The Hall–Kier alpha value is -1.74. The Balaban J connectivity index is 2.43. The summed E-state index contributed by atoms with van der Waals surface area (Å²) >= 11 is 0. The molecule has 2 rings (SSSR count). The number of nitrogens with zero attached hydrogens (tertiary/aromatic N) is 3. The Kier molecular flexibility index (Phi) is 3.19. The van der Waals surface area contributed by atoms with E-state index in [-0.39, 0.29) is 11.6 Å². The molecule has 1 saturated heterocycles. The van der Waals surface area contributed by atoms with Crippen LogP contribution < -0.4 is 5.32 Å². The van der Waals surface area contributed by atoms with Crippen molar-refractivity contribution in [2.45, 2.75) is 24.9 Å². The van der Waals surface area contributed by atoms with Gasteiger partial charge in [0.2, 0.25) is 11.8 Å². The van der Waals surface area contributed by atoms with Gasteiger partial charge in [-0.05, 0) is 13.8 Å². The predicted molar refractivity (Wildman–Crippen MR) is 64.4 cm³/mol. The highest BCUT2D eigenvalue weighted by atomic mass is 32.2. The van der Waals surface area contributed by atoms with Crippen molar-refractivity contribution in [2.24, 2.45) is 7.05 Å². The first kappa shape index (κ1) is 13.7. The Labute approximate surface area is 110 Å². The molecule has 1 aromatic heterocycles. The summed E-state index contributed by atoms with van der Waals surface area (Å²) in [6.07, 6.45) is 1.36. The lowest BCUT2D eigenvalue weighted by atomic mass is 10.2. The second-order valence-corrected chi connectivity index (χ2v) is 6.21. The maximum atomic E-state index is 12.4. The predicted octanol–water partition coefficient (Wildman–Crippen LogP) is -1.24. The van der Waals surface area contributed by atoms with Crippen molar-refractivity contribution in [3.8, 4) is 0 Å². The van der Waals surface area contributed by atoms with Crippen LogP contribution in [-0.4, -0.2) is 46.7 Å². The zero-order chi connectivity index (χ0) is 14.4. The number of hydrogen-bond acceptors (Lipinski definition) is 5. The summed E-state index contributed by atoms with van der Waals surface area (Å²) in [5.74, 6) is -0.745. The van der Waals surface area contributed by atoms with E-state index in [9.17, 15) is 18.0 Å². The van der Waals surface area contributed by atoms with Crippen molar-refractivity contribution < 1.29 is 18.0 Å². The van der Waals surface area contributed by atoms with Gasteiger partial charge in [-0.25, -0.2) is 13.4 Å². The van der Waals surface area contributed by atoms with Gasteiger partial charge in [0.1, 0.15) is 11.9 Å². The monoisotopic (exact) mass is 286 g/mol. The third kappa shape index (κ3) is 2.26. The van der Waals surface area contributed by atoms with E-state index in [0.717, 1.165) is 4.31 Å². The molecule has 0 aromatic carbocycles. The van der Waals surface area contributed by atoms with Crippen LogP contribution in [0.25, 0.3) is 0 Å². The van der Waals surface area contributed by atoms with E-state index in [0.29, 0.717) is 5.82 Å². The second kappa shape index (κ2) is 4.42. The topological polar surface area (TPSA) is 101 Å². The standard InChI is InChI=1S/C10H14N4O4S/c1-6-10(16)12-8(15)4-14(6)19(17,18)9-5-13(3)7(2)11-9/h5-6H,4H2,1-3H3,(H,12,15,16). The summed E-state index contributed by atoms with van der Waals surface area (Å²) in [6, 6.07) is -0.940. The van der Waals surface area contributed by atoms with Crippen LogP contribution in [0.4, 0.5) is 0 Å². The largest absolute Gasteiger partial charge is 0.337 e. The van der Waals surface area contributed by atoms with E-state index in [2.05, 4.69) is 10.3 Å². The third-order valence-electron chi connectivity index (χ3n) is 3.03. The van der Waals surface area contributed by atoms with Crippen molar-refractivity contribution in [1.29, 1.82) is 0 Å². The van der Waals surface area contributed by atoms with Gasteiger partial charge in [-0.2, -0.15) is 4.31 Å². The first-order valence-corrected chi connectivity index (χ1v) is 7.03. The molecule has 2 amide bonds. The minimum Gasteiger partial charge on any atom is -0.337 e. The lowest BCUT2D eigenvalue weighted by molar-refractivity contribution is -0.136. The molecular weight excluding hydrogens is 272 g/mol. The van der Waals surface area contributed by atoms with Crippen LogP contribution in [0.2, 0.25) is 0 Å². The summed E-state index contributed by atoms with van der Waals surface area (Å²) in [7, 11) is -2.29. The number of aromatic nitrogens is 2. The number of imidazole rings is 1. The van der Waals surface area contributed by atoms with Gasteiger partial charge in [0, 0.05) is 13.2 Å². The summed E-state index contributed by atoms with van der Waals surface area (Å²) in [5, 5.41) is 1.92. The number of rotatable bonds is 2. The summed E-state index contributed by atoms with van der Waals surface area (Å²) < 4.78 is 27.2. The minimum absolute atomic E-state index is 0.165. The molecule has 0 aliphatic carbocycles. The number of carbonyl (C=O) groups is 2. The van der Waals surface area contributed by atoms with E-state index < -0.39 is 27.9 Å². The average molecular weight is 286 g/mol. The molecule has 1 aliphatic heterocycles. The van der Waals surface area contributed by atoms with Gasteiger partial charge >= 0.3 is 0 Å². The fourth-order valence-corrected chi connectivity index (χ4v) is 3.33. The molecule has 1 aromatic rings.